The molecule has 0 aliphatic rings. The highest BCUT2D eigenvalue weighted by Crippen LogP contribution is 2.04. The summed E-state index contributed by atoms with van der Waals surface area (Å²) in [5.74, 6) is 0. The van der Waals surface area contributed by atoms with Gasteiger partial charge in [0.15, 0.2) is 0 Å². The Morgan fingerprint density at radius 2 is 2.08 bits per heavy atom. The van der Waals surface area contributed by atoms with Gasteiger partial charge in [-0.1, -0.05) is 30.3 Å². The second kappa shape index (κ2) is 4.69. The Bertz CT molecular complexity index is 279. The fourth-order valence-electron chi connectivity index (χ4n) is 0.769. The predicted octanol–water partition coefficient (Wildman–Crippen LogP) is 1.65. The number of halogens is 1. The van der Waals surface area contributed by atoms with Gasteiger partial charge in [-0.05, 0) is 5.56 Å². The fraction of sp³-hybridized carbons (Fsp3) is 0.125. The van der Waals surface area contributed by atoms with Gasteiger partial charge in [-0.3, -0.25) is 0 Å². The number of carbonyl (C=O) groups is 1. The molecule has 1 rings (SSSR count). The monoisotopic (exact) mass is 200 g/mol. The van der Waals surface area contributed by atoms with Gasteiger partial charge in [-0.25, -0.2) is 9.63 Å². The topological polar surface area (TPSA) is 55.6 Å². The standard InChI is InChI=1S/C8H9ClN2O2/c9-11(8(10)12)13-6-7-4-2-1-3-5-7/h1-5H,6H2,(H2,10,12). The van der Waals surface area contributed by atoms with Crippen molar-refractivity contribution in [3.05, 3.63) is 35.9 Å². The molecule has 1 aromatic rings. The largest absolute Gasteiger partial charge is 0.354 e. The molecule has 0 heterocycles. The Balaban J connectivity index is 2.39. The first-order valence-electron chi connectivity index (χ1n) is 3.62. The van der Waals surface area contributed by atoms with Gasteiger partial charge in [0, 0.05) is 11.8 Å². The maximum Gasteiger partial charge on any atom is 0.354 e. The molecular formula is C8H9ClN2O2. The summed E-state index contributed by atoms with van der Waals surface area (Å²) in [5, 5.41) is 0. The maximum atomic E-state index is 10.4. The van der Waals surface area contributed by atoms with Crippen LogP contribution in [0.4, 0.5) is 4.79 Å². The molecule has 5 heteroatoms. The summed E-state index contributed by atoms with van der Waals surface area (Å²) in [7, 11) is 0. The zero-order valence-electron chi connectivity index (χ0n) is 6.81. The van der Waals surface area contributed by atoms with E-state index in [1.807, 2.05) is 30.3 Å². The number of rotatable bonds is 3. The van der Waals surface area contributed by atoms with Gasteiger partial charge in [-0.2, -0.15) is 0 Å². The molecule has 0 fully saturated rings. The van der Waals surface area contributed by atoms with E-state index in [-0.39, 0.29) is 6.61 Å². The van der Waals surface area contributed by atoms with Crippen LogP contribution in [0.5, 0.6) is 0 Å². The molecule has 0 unspecified atom stereocenters. The minimum atomic E-state index is -0.836. The first-order chi connectivity index (χ1) is 6.20. The van der Waals surface area contributed by atoms with E-state index in [0.717, 1.165) is 5.56 Å². The highest BCUT2D eigenvalue weighted by atomic mass is 35.5. The third kappa shape index (κ3) is 3.31. The lowest BCUT2D eigenvalue weighted by Crippen LogP contribution is -2.27. The molecule has 0 spiro atoms. The van der Waals surface area contributed by atoms with E-state index in [1.54, 1.807) is 0 Å². The van der Waals surface area contributed by atoms with E-state index < -0.39 is 6.03 Å². The van der Waals surface area contributed by atoms with Gasteiger partial charge in [0.25, 0.3) is 0 Å². The van der Waals surface area contributed by atoms with E-state index in [1.165, 1.54) is 0 Å². The molecule has 0 saturated carbocycles. The first kappa shape index (κ1) is 9.83. The van der Waals surface area contributed by atoms with Gasteiger partial charge in [0.05, 0.1) is 0 Å². The second-order valence-electron chi connectivity index (χ2n) is 2.34. The molecule has 2 N–H and O–H groups in total. The summed E-state index contributed by atoms with van der Waals surface area (Å²) in [6, 6.07) is 8.48. The maximum absolute atomic E-state index is 10.4. The van der Waals surface area contributed by atoms with Crippen molar-refractivity contribution < 1.29 is 9.63 Å². The van der Waals surface area contributed by atoms with Crippen molar-refractivity contribution in [1.29, 1.82) is 0 Å². The third-order valence-electron chi connectivity index (χ3n) is 1.36. The molecule has 0 radical (unpaired) electrons. The highest BCUT2D eigenvalue weighted by molar-refractivity contribution is 6.19. The number of amides is 2. The molecule has 0 aliphatic heterocycles. The van der Waals surface area contributed by atoms with E-state index >= 15 is 0 Å². The summed E-state index contributed by atoms with van der Waals surface area (Å²) in [6.45, 7) is 0.216. The normalized spacial score (nSPS) is 9.62. The lowest BCUT2D eigenvalue weighted by molar-refractivity contribution is -0.0566. The Labute approximate surface area is 80.9 Å². The van der Waals surface area contributed by atoms with Gasteiger partial charge < -0.3 is 5.73 Å². The van der Waals surface area contributed by atoms with E-state index in [9.17, 15) is 4.79 Å². The second-order valence-corrected chi connectivity index (χ2v) is 2.65. The molecule has 0 atom stereocenters. The summed E-state index contributed by atoms with van der Waals surface area (Å²) in [6.07, 6.45) is 0. The summed E-state index contributed by atoms with van der Waals surface area (Å²) in [5.41, 5.74) is 5.74. The molecule has 0 aliphatic carbocycles. The number of primary amides is 1. The van der Waals surface area contributed by atoms with Gasteiger partial charge in [-0.15, -0.1) is 4.58 Å². The van der Waals surface area contributed by atoms with Gasteiger partial charge >= 0.3 is 6.03 Å². The van der Waals surface area contributed by atoms with E-state index in [4.69, 9.17) is 22.3 Å². The zero-order chi connectivity index (χ0) is 9.68. The Morgan fingerprint density at radius 3 is 2.62 bits per heavy atom. The number of carbonyl (C=O) groups excluding carboxylic acids is 1. The van der Waals surface area contributed by atoms with Crippen LogP contribution in [0.2, 0.25) is 0 Å². The smallest absolute Gasteiger partial charge is 0.349 e. The van der Waals surface area contributed by atoms with E-state index in [2.05, 4.69) is 0 Å². The Morgan fingerprint density at radius 1 is 1.46 bits per heavy atom. The molecule has 0 saturated heterocycles. The summed E-state index contributed by atoms with van der Waals surface area (Å²) in [4.78, 5) is 15.2. The van der Waals surface area contributed by atoms with Gasteiger partial charge in [0.1, 0.15) is 6.61 Å². The fourth-order valence-corrected chi connectivity index (χ4v) is 0.818. The quantitative estimate of drug-likeness (QED) is 0.596. The predicted molar refractivity (Wildman–Crippen MR) is 48.5 cm³/mol. The zero-order valence-corrected chi connectivity index (χ0v) is 7.57. The van der Waals surface area contributed by atoms with Crippen LogP contribution in [0.1, 0.15) is 5.56 Å². The Hall–Kier alpha value is -1.26. The minimum Gasteiger partial charge on any atom is -0.349 e. The number of urea groups is 1. The molecule has 0 aromatic heterocycles. The Kier molecular flexibility index (Phi) is 3.54. The van der Waals surface area contributed by atoms with Crippen LogP contribution in [-0.4, -0.2) is 10.6 Å². The van der Waals surface area contributed by atoms with Crippen LogP contribution >= 0.6 is 11.8 Å². The van der Waals surface area contributed by atoms with Gasteiger partial charge in [0.2, 0.25) is 0 Å². The first-order valence-corrected chi connectivity index (χ1v) is 3.96. The van der Waals surface area contributed by atoms with Crippen molar-refractivity contribution in [2.75, 3.05) is 0 Å². The highest BCUT2D eigenvalue weighted by Gasteiger charge is 2.05. The van der Waals surface area contributed by atoms with Crippen LogP contribution in [0.15, 0.2) is 30.3 Å². The van der Waals surface area contributed by atoms with Crippen molar-refractivity contribution in [3.63, 3.8) is 0 Å². The number of benzene rings is 1. The molecule has 2 amide bonds. The molecule has 4 nitrogen and oxygen atoms in total. The average Bonchev–Trinajstić information content (AvgIpc) is 2.15. The van der Waals surface area contributed by atoms with Crippen LogP contribution in [0, 0.1) is 0 Å². The van der Waals surface area contributed by atoms with Crippen molar-refractivity contribution >= 4 is 17.8 Å². The number of nitrogens with zero attached hydrogens (tertiary/aromatic N) is 1. The average molecular weight is 201 g/mol. The van der Waals surface area contributed by atoms with Crippen molar-refractivity contribution in [3.8, 4) is 0 Å². The van der Waals surface area contributed by atoms with Crippen molar-refractivity contribution in [2.45, 2.75) is 6.61 Å². The molecule has 70 valence electrons. The number of hydroxylamine groups is 1. The molecule has 1 aromatic carbocycles. The summed E-state index contributed by atoms with van der Waals surface area (Å²) < 4.78 is 0.479. The lowest BCUT2D eigenvalue weighted by atomic mass is 10.2. The SMILES string of the molecule is NC(=O)N(Cl)OCc1ccccc1. The molecule has 0 bridgehead atoms. The lowest BCUT2D eigenvalue weighted by Gasteiger charge is -2.09. The third-order valence-corrected chi connectivity index (χ3v) is 1.62. The number of nitrogens with two attached hydrogens (primary N) is 1. The van der Waals surface area contributed by atoms with E-state index in [0.29, 0.717) is 4.58 Å². The number of hydrogen-bond acceptors (Lipinski definition) is 2. The van der Waals surface area contributed by atoms with Crippen LogP contribution < -0.4 is 5.73 Å². The van der Waals surface area contributed by atoms with Crippen molar-refractivity contribution in [1.82, 2.24) is 4.58 Å². The minimum absolute atomic E-state index is 0.216. The summed E-state index contributed by atoms with van der Waals surface area (Å²) >= 11 is 5.30. The van der Waals surface area contributed by atoms with Crippen LogP contribution in [-0.2, 0) is 11.4 Å². The number of hydrogen-bond donors (Lipinski definition) is 1. The van der Waals surface area contributed by atoms with Crippen molar-refractivity contribution in [2.24, 2.45) is 5.73 Å². The van der Waals surface area contributed by atoms with Crippen LogP contribution in [0.25, 0.3) is 0 Å². The molecule has 13 heavy (non-hydrogen) atoms. The molecular weight excluding hydrogens is 192 g/mol. The van der Waals surface area contributed by atoms with Crippen LogP contribution in [0.3, 0.4) is 0 Å².